The summed E-state index contributed by atoms with van der Waals surface area (Å²) in [6, 6.07) is 4.28. The van der Waals surface area contributed by atoms with Crippen LogP contribution in [-0.2, 0) is 10.8 Å². The highest BCUT2D eigenvalue weighted by molar-refractivity contribution is 6.70. The lowest BCUT2D eigenvalue weighted by molar-refractivity contribution is 0.410. The molecule has 0 spiro atoms. The fraction of sp³-hybridized carbons (Fsp3) is 0.429. The summed E-state index contributed by atoms with van der Waals surface area (Å²) < 4.78 is 11.6. The van der Waals surface area contributed by atoms with Crippen molar-refractivity contribution in [1.82, 2.24) is 0 Å². The van der Waals surface area contributed by atoms with Gasteiger partial charge in [0.1, 0.15) is 11.5 Å². The molecule has 2 nitrogen and oxygen atoms in total. The van der Waals surface area contributed by atoms with Gasteiger partial charge in [-0.2, -0.15) is 0 Å². The van der Waals surface area contributed by atoms with Gasteiger partial charge in [-0.3, -0.25) is 0 Å². The minimum absolute atomic E-state index is 0.915. The van der Waals surface area contributed by atoms with Gasteiger partial charge in [0.05, 0.1) is 7.11 Å². The van der Waals surface area contributed by atoms with E-state index in [4.69, 9.17) is 9.16 Å². The van der Waals surface area contributed by atoms with Crippen LogP contribution in [0.15, 0.2) is 18.2 Å². The van der Waals surface area contributed by atoms with Crippen molar-refractivity contribution in [2.24, 2.45) is 0 Å². The molecule has 0 amide bonds. The second-order valence-electron chi connectivity index (χ2n) is 5.48. The number of hydrogen-bond donors (Lipinski definition) is 0. The van der Waals surface area contributed by atoms with Crippen molar-refractivity contribution < 1.29 is 9.16 Å². The number of allylic oxidation sites excluding steroid dienone is 1. The highest BCUT2D eigenvalue weighted by Crippen LogP contribution is 2.36. The number of fused-ring (bicyclic) bond motifs is 1. The van der Waals surface area contributed by atoms with E-state index in [-0.39, 0.29) is 0 Å². The second-order valence-corrected chi connectivity index (χ2v) is 9.91. The molecule has 17 heavy (non-hydrogen) atoms. The second kappa shape index (κ2) is 4.22. The fourth-order valence-electron chi connectivity index (χ4n) is 2.13. The molecule has 1 aromatic rings. The lowest BCUT2D eigenvalue weighted by Crippen LogP contribution is -2.24. The maximum atomic E-state index is 6.12. The van der Waals surface area contributed by atoms with Gasteiger partial charge in [0.2, 0.25) is 8.32 Å². The first-order valence-corrected chi connectivity index (χ1v) is 9.38. The van der Waals surface area contributed by atoms with Crippen LogP contribution in [0.5, 0.6) is 5.75 Å². The van der Waals surface area contributed by atoms with Crippen molar-refractivity contribution in [3.63, 3.8) is 0 Å². The lowest BCUT2D eigenvalue weighted by Gasteiger charge is -2.21. The Balaban J connectivity index is 2.39. The van der Waals surface area contributed by atoms with Gasteiger partial charge in [0, 0.05) is 11.1 Å². The van der Waals surface area contributed by atoms with E-state index in [0.29, 0.717) is 0 Å². The van der Waals surface area contributed by atoms with Crippen molar-refractivity contribution in [1.29, 1.82) is 0 Å². The van der Waals surface area contributed by atoms with Crippen LogP contribution in [-0.4, -0.2) is 15.4 Å². The number of aryl methyl sites for hydroxylation is 1. The zero-order chi connectivity index (χ0) is 12.6. The molecule has 0 fully saturated rings. The molecule has 3 heteroatoms. The highest BCUT2D eigenvalue weighted by Gasteiger charge is 2.24. The first-order chi connectivity index (χ1) is 7.90. The van der Waals surface area contributed by atoms with E-state index in [1.165, 1.54) is 16.7 Å². The van der Waals surface area contributed by atoms with E-state index >= 15 is 0 Å². The SMILES string of the molecule is COc1cc(C)cc2c1CC=C2O[Si](C)(C)C. The smallest absolute Gasteiger partial charge is 0.242 e. The van der Waals surface area contributed by atoms with Gasteiger partial charge in [-0.1, -0.05) is 0 Å². The Bertz CT molecular complexity index is 470. The molecule has 0 aliphatic heterocycles. The third kappa shape index (κ3) is 2.55. The maximum Gasteiger partial charge on any atom is 0.242 e. The molecule has 1 aliphatic rings. The van der Waals surface area contributed by atoms with E-state index in [1.54, 1.807) is 7.11 Å². The van der Waals surface area contributed by atoms with Gasteiger partial charge in [-0.15, -0.1) is 0 Å². The molecule has 0 atom stereocenters. The molecule has 0 aromatic heterocycles. The van der Waals surface area contributed by atoms with Crippen LogP contribution in [0.25, 0.3) is 5.76 Å². The predicted molar refractivity (Wildman–Crippen MR) is 73.8 cm³/mol. The average Bonchev–Trinajstić information content (AvgIpc) is 2.58. The number of methoxy groups -OCH3 is 1. The Kier molecular flexibility index (Phi) is 3.04. The molecule has 0 unspecified atom stereocenters. The normalized spacial score (nSPS) is 14.3. The van der Waals surface area contributed by atoms with Crippen LogP contribution in [0.3, 0.4) is 0 Å². The summed E-state index contributed by atoms with van der Waals surface area (Å²) in [7, 11) is 0.184. The number of ether oxygens (including phenoxy) is 1. The molecular weight excluding hydrogens is 228 g/mol. The summed E-state index contributed by atoms with van der Waals surface area (Å²) in [5.41, 5.74) is 3.68. The predicted octanol–water partition coefficient (Wildman–Crippen LogP) is 3.75. The Hall–Kier alpha value is -1.22. The monoisotopic (exact) mass is 248 g/mol. The molecule has 1 aliphatic carbocycles. The zero-order valence-electron chi connectivity index (χ0n) is 11.3. The van der Waals surface area contributed by atoms with Gasteiger partial charge >= 0.3 is 0 Å². The summed E-state index contributed by atoms with van der Waals surface area (Å²) in [5, 5.41) is 0. The minimum atomic E-state index is -1.54. The number of hydrogen-bond acceptors (Lipinski definition) is 2. The van der Waals surface area contributed by atoms with Crippen LogP contribution < -0.4 is 4.74 Å². The molecule has 0 bridgehead atoms. The third-order valence-corrected chi connectivity index (χ3v) is 3.58. The maximum absolute atomic E-state index is 6.12. The lowest BCUT2D eigenvalue weighted by atomic mass is 10.0. The Labute approximate surface area is 104 Å². The molecule has 0 radical (unpaired) electrons. The van der Waals surface area contributed by atoms with Crippen molar-refractivity contribution in [2.45, 2.75) is 33.0 Å². The van der Waals surface area contributed by atoms with Crippen LogP contribution in [0.2, 0.25) is 19.6 Å². The third-order valence-electron chi connectivity index (χ3n) is 2.75. The van der Waals surface area contributed by atoms with E-state index in [1.807, 2.05) is 0 Å². The van der Waals surface area contributed by atoms with Crippen molar-refractivity contribution in [3.05, 3.63) is 34.9 Å². The number of benzene rings is 1. The molecule has 92 valence electrons. The quantitative estimate of drug-likeness (QED) is 0.758. The first kappa shape index (κ1) is 12.2. The minimum Gasteiger partial charge on any atom is -0.544 e. The van der Waals surface area contributed by atoms with Crippen LogP contribution in [0, 0.1) is 6.92 Å². The molecule has 2 rings (SSSR count). The van der Waals surface area contributed by atoms with Crippen LogP contribution in [0.4, 0.5) is 0 Å². The zero-order valence-corrected chi connectivity index (χ0v) is 12.3. The molecule has 0 saturated heterocycles. The fourth-order valence-corrected chi connectivity index (χ4v) is 2.98. The molecule has 0 heterocycles. The molecule has 0 N–H and O–H groups in total. The molecule has 0 saturated carbocycles. The van der Waals surface area contributed by atoms with Gasteiger partial charge in [0.15, 0.2) is 0 Å². The Morgan fingerprint density at radius 2 is 1.88 bits per heavy atom. The summed E-state index contributed by atoms with van der Waals surface area (Å²) in [5.74, 6) is 2.02. The van der Waals surface area contributed by atoms with E-state index in [0.717, 1.165) is 17.9 Å². The standard InChI is InChI=1S/C14H20O2Si/c1-10-8-12-11(14(9-10)15-2)6-7-13(12)16-17(3,4)5/h7-9H,6H2,1-5H3. The van der Waals surface area contributed by atoms with Crippen LogP contribution in [0.1, 0.15) is 16.7 Å². The van der Waals surface area contributed by atoms with Crippen molar-refractivity contribution >= 4 is 14.1 Å². The highest BCUT2D eigenvalue weighted by atomic mass is 28.4. The van der Waals surface area contributed by atoms with Gasteiger partial charge in [-0.25, -0.2) is 0 Å². The van der Waals surface area contributed by atoms with E-state index < -0.39 is 8.32 Å². The topological polar surface area (TPSA) is 18.5 Å². The first-order valence-electron chi connectivity index (χ1n) is 5.98. The number of rotatable bonds is 3. The van der Waals surface area contributed by atoms with Crippen molar-refractivity contribution in [3.8, 4) is 5.75 Å². The summed E-state index contributed by atoms with van der Waals surface area (Å²) in [6.07, 6.45) is 3.09. The van der Waals surface area contributed by atoms with Crippen molar-refractivity contribution in [2.75, 3.05) is 7.11 Å². The molecular formula is C14H20O2Si. The summed E-state index contributed by atoms with van der Waals surface area (Å²) in [6.45, 7) is 8.71. The van der Waals surface area contributed by atoms with Gasteiger partial charge in [-0.05, 0) is 56.8 Å². The van der Waals surface area contributed by atoms with E-state index in [2.05, 4.69) is 44.8 Å². The van der Waals surface area contributed by atoms with Crippen LogP contribution >= 0.6 is 0 Å². The largest absolute Gasteiger partial charge is 0.544 e. The molecule has 1 aromatic carbocycles. The summed E-state index contributed by atoms with van der Waals surface area (Å²) in [4.78, 5) is 0. The van der Waals surface area contributed by atoms with Gasteiger partial charge in [0.25, 0.3) is 0 Å². The van der Waals surface area contributed by atoms with Gasteiger partial charge < -0.3 is 9.16 Å². The average molecular weight is 248 g/mol. The Morgan fingerprint density at radius 3 is 2.47 bits per heavy atom. The van der Waals surface area contributed by atoms with E-state index in [9.17, 15) is 0 Å². The Morgan fingerprint density at radius 1 is 1.18 bits per heavy atom. The summed E-state index contributed by atoms with van der Waals surface area (Å²) >= 11 is 0.